The van der Waals surface area contributed by atoms with Gasteiger partial charge in [-0.1, -0.05) is 12.1 Å². The number of hydrogen-bond acceptors (Lipinski definition) is 5. The second-order valence-corrected chi connectivity index (χ2v) is 9.75. The van der Waals surface area contributed by atoms with E-state index in [1.165, 1.54) is 30.3 Å². The number of thiophene rings is 1. The Bertz CT molecular complexity index is 1170. The van der Waals surface area contributed by atoms with Crippen molar-refractivity contribution in [1.82, 2.24) is 5.32 Å². The Labute approximate surface area is 178 Å². The third-order valence-corrected chi connectivity index (χ3v) is 7.23. The summed E-state index contributed by atoms with van der Waals surface area (Å²) in [6.07, 6.45) is 2.00. The molecule has 2 amide bonds. The largest absolute Gasteiger partial charge is 0.349 e. The lowest BCUT2D eigenvalue weighted by atomic mass is 10.1. The van der Waals surface area contributed by atoms with Crippen molar-refractivity contribution in [3.05, 3.63) is 77.2 Å². The van der Waals surface area contributed by atoms with E-state index in [0.717, 1.165) is 24.2 Å². The molecule has 0 unspecified atom stereocenters. The summed E-state index contributed by atoms with van der Waals surface area (Å²) >= 11 is 1.12. The lowest BCUT2D eigenvalue weighted by Gasteiger charge is -2.09. The molecular formula is C21H19N3O4S2. The van der Waals surface area contributed by atoms with E-state index in [1.807, 2.05) is 0 Å². The van der Waals surface area contributed by atoms with Gasteiger partial charge in [0.1, 0.15) is 4.21 Å². The molecule has 9 heteroatoms. The maximum atomic E-state index is 12.5. The maximum Gasteiger partial charge on any atom is 0.271 e. The van der Waals surface area contributed by atoms with Gasteiger partial charge in [-0.25, -0.2) is 8.42 Å². The molecule has 3 N–H and O–H groups in total. The quantitative estimate of drug-likeness (QED) is 0.520. The lowest BCUT2D eigenvalue weighted by molar-refractivity contribution is 0.0949. The Morgan fingerprint density at radius 3 is 2.30 bits per heavy atom. The molecule has 7 nitrogen and oxygen atoms in total. The van der Waals surface area contributed by atoms with Crippen LogP contribution in [0.15, 0.2) is 70.3 Å². The van der Waals surface area contributed by atoms with Gasteiger partial charge in [0.05, 0.1) is 0 Å². The van der Waals surface area contributed by atoms with Crippen molar-refractivity contribution in [2.24, 2.45) is 0 Å². The molecule has 1 aromatic heterocycles. The third kappa shape index (κ3) is 4.87. The van der Waals surface area contributed by atoms with E-state index >= 15 is 0 Å². The van der Waals surface area contributed by atoms with Crippen LogP contribution in [0.25, 0.3) is 0 Å². The van der Waals surface area contributed by atoms with Crippen LogP contribution in [0.3, 0.4) is 0 Å². The van der Waals surface area contributed by atoms with E-state index in [-0.39, 0.29) is 22.1 Å². The van der Waals surface area contributed by atoms with Crippen LogP contribution < -0.4 is 15.4 Å². The molecule has 1 heterocycles. The average Bonchev–Trinajstić information content (AvgIpc) is 3.35. The Morgan fingerprint density at radius 1 is 0.867 bits per heavy atom. The fourth-order valence-electron chi connectivity index (χ4n) is 2.75. The number of hydrogen-bond donors (Lipinski definition) is 3. The van der Waals surface area contributed by atoms with E-state index in [9.17, 15) is 18.0 Å². The highest BCUT2D eigenvalue weighted by atomic mass is 32.2. The van der Waals surface area contributed by atoms with Crippen LogP contribution in [0.1, 0.15) is 33.6 Å². The van der Waals surface area contributed by atoms with Gasteiger partial charge in [0.25, 0.3) is 21.8 Å². The molecule has 2 aromatic carbocycles. The number of carbonyl (C=O) groups excluding carboxylic acids is 2. The van der Waals surface area contributed by atoms with E-state index in [4.69, 9.17) is 0 Å². The van der Waals surface area contributed by atoms with Crippen LogP contribution in [-0.2, 0) is 10.0 Å². The Hall–Kier alpha value is -3.17. The van der Waals surface area contributed by atoms with E-state index in [0.29, 0.717) is 22.5 Å². The van der Waals surface area contributed by atoms with Crippen LogP contribution in [-0.4, -0.2) is 26.3 Å². The molecule has 0 bridgehead atoms. The van der Waals surface area contributed by atoms with E-state index in [2.05, 4.69) is 15.4 Å². The van der Waals surface area contributed by atoms with Gasteiger partial charge in [-0.05, 0) is 66.8 Å². The van der Waals surface area contributed by atoms with Gasteiger partial charge < -0.3 is 10.6 Å². The molecule has 0 atom stereocenters. The van der Waals surface area contributed by atoms with Gasteiger partial charge in [-0.2, -0.15) is 0 Å². The molecule has 0 aliphatic heterocycles. The minimum atomic E-state index is -3.64. The van der Waals surface area contributed by atoms with Crippen molar-refractivity contribution >= 4 is 44.5 Å². The molecule has 1 saturated carbocycles. The zero-order chi connectivity index (χ0) is 21.1. The number of anilines is 2. The number of carbonyl (C=O) groups is 2. The van der Waals surface area contributed by atoms with Crippen molar-refractivity contribution in [2.75, 3.05) is 10.0 Å². The number of benzene rings is 2. The van der Waals surface area contributed by atoms with E-state index in [1.54, 1.807) is 35.7 Å². The van der Waals surface area contributed by atoms with Gasteiger partial charge >= 0.3 is 0 Å². The van der Waals surface area contributed by atoms with Gasteiger partial charge in [0.2, 0.25) is 0 Å². The summed E-state index contributed by atoms with van der Waals surface area (Å²) in [5.41, 5.74) is 1.71. The molecule has 4 rings (SSSR count). The fraction of sp³-hybridized carbons (Fsp3) is 0.143. The van der Waals surface area contributed by atoms with Crippen molar-refractivity contribution in [1.29, 1.82) is 0 Å². The van der Waals surface area contributed by atoms with Gasteiger partial charge in [0.15, 0.2) is 0 Å². The Balaban J connectivity index is 1.41. The highest BCUT2D eigenvalue weighted by molar-refractivity contribution is 7.94. The van der Waals surface area contributed by atoms with Crippen LogP contribution in [0.4, 0.5) is 11.4 Å². The number of amides is 2. The Kier molecular flexibility index (Phi) is 5.56. The van der Waals surface area contributed by atoms with Crippen LogP contribution in [0.5, 0.6) is 0 Å². The minimum absolute atomic E-state index is 0.157. The molecule has 0 saturated heterocycles. The first-order chi connectivity index (χ1) is 14.4. The van der Waals surface area contributed by atoms with Crippen molar-refractivity contribution in [2.45, 2.75) is 23.1 Å². The third-order valence-electron chi connectivity index (χ3n) is 4.45. The molecule has 0 spiro atoms. The van der Waals surface area contributed by atoms with Gasteiger partial charge in [0, 0.05) is 28.5 Å². The first kappa shape index (κ1) is 20.1. The molecule has 154 valence electrons. The number of sulfonamides is 1. The number of nitrogens with one attached hydrogen (secondary N) is 3. The summed E-state index contributed by atoms with van der Waals surface area (Å²) in [6.45, 7) is 0. The zero-order valence-electron chi connectivity index (χ0n) is 15.8. The van der Waals surface area contributed by atoms with Crippen LogP contribution in [0.2, 0.25) is 0 Å². The van der Waals surface area contributed by atoms with Crippen molar-refractivity contribution in [3.63, 3.8) is 0 Å². The molecule has 1 aliphatic carbocycles. The second kappa shape index (κ2) is 8.29. The van der Waals surface area contributed by atoms with Crippen molar-refractivity contribution in [3.8, 4) is 0 Å². The first-order valence-corrected chi connectivity index (χ1v) is 11.7. The highest BCUT2D eigenvalue weighted by Crippen LogP contribution is 2.22. The Morgan fingerprint density at radius 2 is 1.63 bits per heavy atom. The fourth-order valence-corrected chi connectivity index (χ4v) is 4.80. The maximum absolute atomic E-state index is 12.5. The summed E-state index contributed by atoms with van der Waals surface area (Å²) < 4.78 is 27.2. The van der Waals surface area contributed by atoms with Crippen LogP contribution in [0, 0.1) is 0 Å². The molecule has 0 radical (unpaired) electrons. The van der Waals surface area contributed by atoms with Crippen LogP contribution >= 0.6 is 11.3 Å². The summed E-state index contributed by atoms with van der Waals surface area (Å²) in [4.78, 5) is 24.7. The molecule has 30 heavy (non-hydrogen) atoms. The average molecular weight is 442 g/mol. The second-order valence-electron chi connectivity index (χ2n) is 6.90. The summed E-state index contributed by atoms with van der Waals surface area (Å²) in [7, 11) is -3.64. The minimum Gasteiger partial charge on any atom is -0.349 e. The molecule has 1 fully saturated rings. The predicted molar refractivity (Wildman–Crippen MR) is 116 cm³/mol. The molecular weight excluding hydrogens is 422 g/mol. The smallest absolute Gasteiger partial charge is 0.271 e. The summed E-state index contributed by atoms with van der Waals surface area (Å²) in [5.74, 6) is -0.515. The van der Waals surface area contributed by atoms with Crippen molar-refractivity contribution < 1.29 is 18.0 Å². The first-order valence-electron chi connectivity index (χ1n) is 9.29. The van der Waals surface area contributed by atoms with E-state index < -0.39 is 10.0 Å². The molecule has 3 aromatic rings. The topological polar surface area (TPSA) is 104 Å². The van der Waals surface area contributed by atoms with Gasteiger partial charge in [-0.15, -0.1) is 11.3 Å². The number of rotatable bonds is 7. The summed E-state index contributed by atoms with van der Waals surface area (Å²) in [6, 6.07) is 16.3. The standard InChI is InChI=1S/C21H19N3O4S2/c25-20(23-18-4-1-3-15(13-18)21(26)22-16-10-11-16)14-6-8-17(9-7-14)24-30(27,28)19-5-2-12-29-19/h1-9,12-13,16,24H,10-11H2,(H,22,26)(H,23,25). The molecule has 1 aliphatic rings. The zero-order valence-corrected chi connectivity index (χ0v) is 17.4. The predicted octanol–water partition coefficient (Wildman–Crippen LogP) is 3.69. The van der Waals surface area contributed by atoms with Gasteiger partial charge in [-0.3, -0.25) is 14.3 Å². The lowest BCUT2D eigenvalue weighted by Crippen LogP contribution is -2.25. The normalized spacial score (nSPS) is 13.5. The SMILES string of the molecule is O=C(Nc1cccc(C(=O)NC2CC2)c1)c1ccc(NS(=O)(=O)c2cccs2)cc1. The highest BCUT2D eigenvalue weighted by Gasteiger charge is 2.24. The monoisotopic (exact) mass is 441 g/mol. The summed E-state index contributed by atoms with van der Waals surface area (Å²) in [5, 5.41) is 7.35.